The molecule has 0 unspecified atom stereocenters. The first-order valence-electron chi connectivity index (χ1n) is 9.80. The van der Waals surface area contributed by atoms with Crippen LogP contribution in [0.5, 0.6) is 0 Å². The smallest absolute Gasteiger partial charge is 0.312 e. The molecule has 30 heavy (non-hydrogen) atoms. The highest BCUT2D eigenvalue weighted by Gasteiger charge is 2.38. The fourth-order valence-corrected chi connectivity index (χ4v) is 3.61. The number of nitrogens with zero attached hydrogens (tertiary/aromatic N) is 6. The molecule has 1 N–H and O–H groups in total. The molecule has 0 spiro atoms. The number of para-hydroxylation sites is 1. The summed E-state index contributed by atoms with van der Waals surface area (Å²) in [6.07, 6.45) is 4.05. The van der Waals surface area contributed by atoms with Crippen molar-refractivity contribution in [2.45, 2.75) is 38.6 Å². The number of aromatic nitrogens is 6. The monoisotopic (exact) mass is 403 g/mol. The molecule has 4 heterocycles. The summed E-state index contributed by atoms with van der Waals surface area (Å²) in [6.45, 7) is 6.33. The maximum Gasteiger partial charge on any atom is 0.312 e. The molecule has 1 aromatic carbocycles. The van der Waals surface area contributed by atoms with E-state index in [4.69, 9.17) is 9.40 Å². The van der Waals surface area contributed by atoms with E-state index in [1.807, 2.05) is 45.0 Å². The summed E-state index contributed by atoms with van der Waals surface area (Å²) in [5.74, 6) is 0.533. The summed E-state index contributed by atoms with van der Waals surface area (Å²) < 4.78 is 5.70. The van der Waals surface area contributed by atoms with Gasteiger partial charge >= 0.3 is 11.8 Å². The van der Waals surface area contributed by atoms with E-state index >= 15 is 0 Å². The molecule has 1 aliphatic heterocycles. The molecule has 0 aliphatic carbocycles. The summed E-state index contributed by atoms with van der Waals surface area (Å²) in [5.41, 5.74) is 2.18. The highest BCUT2D eigenvalue weighted by atomic mass is 16.4. The Morgan fingerprint density at radius 2 is 2.03 bits per heavy atom. The van der Waals surface area contributed by atoms with Crippen LogP contribution in [-0.4, -0.2) is 47.5 Å². The van der Waals surface area contributed by atoms with Crippen LogP contribution in [0.25, 0.3) is 10.9 Å². The third-order valence-electron chi connectivity index (χ3n) is 5.19. The molecule has 1 amide bonds. The summed E-state index contributed by atoms with van der Waals surface area (Å²) >= 11 is 0. The van der Waals surface area contributed by atoms with Crippen molar-refractivity contribution in [3.05, 3.63) is 65.8 Å². The zero-order valence-electron chi connectivity index (χ0n) is 17.0. The van der Waals surface area contributed by atoms with Crippen LogP contribution in [-0.2, 0) is 11.8 Å². The Hall–Kier alpha value is -3.62. The number of H-pyrrole nitrogens is 1. The molecule has 0 fully saturated rings. The van der Waals surface area contributed by atoms with Gasteiger partial charge in [-0.2, -0.15) is 0 Å². The highest BCUT2D eigenvalue weighted by Crippen LogP contribution is 2.33. The predicted octanol–water partition coefficient (Wildman–Crippen LogP) is 2.82. The first kappa shape index (κ1) is 18.4. The second-order valence-electron chi connectivity index (χ2n) is 8.37. The van der Waals surface area contributed by atoms with Gasteiger partial charge in [0.1, 0.15) is 6.04 Å². The maximum absolute atomic E-state index is 13.4. The molecular weight excluding hydrogens is 382 g/mol. The summed E-state index contributed by atoms with van der Waals surface area (Å²) in [4.78, 5) is 31.9. The van der Waals surface area contributed by atoms with Gasteiger partial charge in [0.15, 0.2) is 5.82 Å². The van der Waals surface area contributed by atoms with Crippen LogP contribution in [0.4, 0.5) is 0 Å². The van der Waals surface area contributed by atoms with Crippen LogP contribution in [0, 0.1) is 0 Å². The van der Waals surface area contributed by atoms with Gasteiger partial charge in [-0.05, 0) is 6.07 Å². The van der Waals surface area contributed by atoms with Gasteiger partial charge < -0.3 is 14.3 Å². The van der Waals surface area contributed by atoms with Crippen LogP contribution in [0.3, 0.4) is 0 Å². The lowest BCUT2D eigenvalue weighted by molar-refractivity contribution is 0.0639. The minimum Gasteiger partial charge on any atom is -0.416 e. The molecule has 4 aromatic rings. The average Bonchev–Trinajstić information content (AvgIpc) is 3.41. The maximum atomic E-state index is 13.4. The number of benzene rings is 1. The number of imidazole rings is 1. The highest BCUT2D eigenvalue weighted by molar-refractivity contribution is 5.90. The van der Waals surface area contributed by atoms with E-state index in [9.17, 15) is 4.79 Å². The second-order valence-corrected chi connectivity index (χ2v) is 8.37. The number of amides is 1. The van der Waals surface area contributed by atoms with Crippen LogP contribution < -0.4 is 0 Å². The zero-order valence-corrected chi connectivity index (χ0v) is 17.0. The molecule has 0 saturated carbocycles. The quantitative estimate of drug-likeness (QED) is 0.547. The molecule has 1 aliphatic rings. The molecule has 1 atom stereocenters. The normalized spacial score (nSPS) is 16.6. The second kappa shape index (κ2) is 6.72. The van der Waals surface area contributed by atoms with Gasteiger partial charge in [0, 0.05) is 35.7 Å². The number of fused-ring (bicyclic) bond motifs is 2. The van der Waals surface area contributed by atoms with Crippen LogP contribution in [0.2, 0.25) is 0 Å². The van der Waals surface area contributed by atoms with E-state index in [0.717, 1.165) is 22.3 Å². The topological polar surface area (TPSA) is 114 Å². The summed E-state index contributed by atoms with van der Waals surface area (Å²) in [7, 11) is 0. The Morgan fingerprint density at radius 1 is 1.20 bits per heavy atom. The van der Waals surface area contributed by atoms with Crippen molar-refractivity contribution in [1.82, 2.24) is 35.0 Å². The van der Waals surface area contributed by atoms with Gasteiger partial charge in [-0.1, -0.05) is 39.0 Å². The lowest BCUT2D eigenvalue weighted by atomic mass is 9.97. The third kappa shape index (κ3) is 3.02. The Morgan fingerprint density at radius 3 is 2.83 bits per heavy atom. The number of aromatic amines is 1. The van der Waals surface area contributed by atoms with Gasteiger partial charge in [0.25, 0.3) is 0 Å². The van der Waals surface area contributed by atoms with Crippen LogP contribution in [0.15, 0.2) is 41.2 Å². The van der Waals surface area contributed by atoms with Crippen molar-refractivity contribution < 1.29 is 9.21 Å². The molecule has 5 rings (SSSR count). The molecule has 9 nitrogen and oxygen atoms in total. The third-order valence-corrected chi connectivity index (χ3v) is 5.19. The van der Waals surface area contributed by atoms with E-state index < -0.39 is 6.04 Å². The Labute approximate surface area is 172 Å². The predicted molar refractivity (Wildman–Crippen MR) is 108 cm³/mol. The van der Waals surface area contributed by atoms with Gasteiger partial charge in [-0.15, -0.1) is 10.2 Å². The first-order chi connectivity index (χ1) is 14.4. The van der Waals surface area contributed by atoms with Gasteiger partial charge in [0.05, 0.1) is 17.5 Å². The van der Waals surface area contributed by atoms with Crippen molar-refractivity contribution in [2.24, 2.45) is 0 Å². The number of carbonyl (C=O) groups is 1. The van der Waals surface area contributed by atoms with Gasteiger partial charge in [0.2, 0.25) is 5.89 Å². The van der Waals surface area contributed by atoms with E-state index in [-0.39, 0.29) is 17.2 Å². The van der Waals surface area contributed by atoms with Crippen molar-refractivity contribution in [3.63, 3.8) is 0 Å². The number of nitrogens with one attached hydrogen (secondary N) is 1. The fourth-order valence-electron chi connectivity index (χ4n) is 3.61. The van der Waals surface area contributed by atoms with Crippen molar-refractivity contribution >= 4 is 16.8 Å². The van der Waals surface area contributed by atoms with E-state index in [0.29, 0.717) is 24.7 Å². The van der Waals surface area contributed by atoms with Crippen LogP contribution >= 0.6 is 0 Å². The number of carbonyl (C=O) groups excluding carboxylic acids is 1. The molecule has 152 valence electrons. The van der Waals surface area contributed by atoms with E-state index in [1.165, 1.54) is 0 Å². The Bertz CT molecular complexity index is 1240. The number of hydrogen-bond donors (Lipinski definition) is 1. The standard InChI is InChI=1S/C21H21N7O2/c1-21(2,3)20-27-26-18(30-20)19(29)28-9-8-14-15(24-11-23-14)16(28)17-22-10-12-6-4-5-7-13(12)25-17/h4-7,10-11,16H,8-9H2,1-3H3,(H,23,24)/t16-/m1/s1. The molecule has 0 radical (unpaired) electrons. The molecular formula is C21H21N7O2. The van der Waals surface area contributed by atoms with Gasteiger partial charge in [-0.3, -0.25) is 4.79 Å². The fraction of sp³-hybridized carbons (Fsp3) is 0.333. The van der Waals surface area contributed by atoms with Crippen molar-refractivity contribution in [2.75, 3.05) is 6.54 Å². The van der Waals surface area contributed by atoms with E-state index in [1.54, 1.807) is 17.4 Å². The Balaban J connectivity index is 1.58. The zero-order chi connectivity index (χ0) is 20.9. The molecule has 0 saturated heterocycles. The number of hydrogen-bond acceptors (Lipinski definition) is 7. The average molecular weight is 403 g/mol. The lowest BCUT2D eigenvalue weighted by Crippen LogP contribution is -2.41. The Kier molecular flexibility index (Phi) is 4.12. The lowest BCUT2D eigenvalue weighted by Gasteiger charge is -2.33. The number of rotatable bonds is 2. The molecule has 9 heteroatoms. The summed E-state index contributed by atoms with van der Waals surface area (Å²) in [6, 6.07) is 7.21. The SMILES string of the molecule is CC(C)(C)c1nnc(C(=O)N2CCc3[nH]cnc3[C@@H]2c2ncc3ccccc3n2)o1. The largest absolute Gasteiger partial charge is 0.416 e. The van der Waals surface area contributed by atoms with Crippen molar-refractivity contribution in [3.8, 4) is 0 Å². The molecule has 3 aromatic heterocycles. The summed E-state index contributed by atoms with van der Waals surface area (Å²) in [5, 5.41) is 9.00. The van der Waals surface area contributed by atoms with Crippen molar-refractivity contribution in [1.29, 1.82) is 0 Å². The van der Waals surface area contributed by atoms with E-state index in [2.05, 4.69) is 25.1 Å². The molecule has 0 bridgehead atoms. The van der Waals surface area contributed by atoms with Crippen LogP contribution in [0.1, 0.15) is 60.6 Å². The van der Waals surface area contributed by atoms with Gasteiger partial charge in [-0.25, -0.2) is 15.0 Å². The minimum absolute atomic E-state index is 0.0373. The first-order valence-corrected chi connectivity index (χ1v) is 9.80. The minimum atomic E-state index is -0.540.